The van der Waals surface area contributed by atoms with Crippen LogP contribution in [0.25, 0.3) is 0 Å². The molecule has 0 spiro atoms. The van der Waals surface area contributed by atoms with Crippen molar-refractivity contribution in [2.24, 2.45) is 5.73 Å². The van der Waals surface area contributed by atoms with E-state index in [9.17, 15) is 14.4 Å². The Labute approximate surface area is 98.7 Å². The largest absolute Gasteiger partial charge is 0.481 e. The molecular weight excluding hydrogens is 226 g/mol. The molecule has 0 heterocycles. The number of rotatable bonds is 5. The molecule has 5 N–H and O–H groups in total. The van der Waals surface area contributed by atoms with E-state index in [0.29, 0.717) is 12.8 Å². The van der Waals surface area contributed by atoms with Crippen LogP contribution >= 0.6 is 0 Å². The molecular formula is C10H17N3O4. The van der Waals surface area contributed by atoms with Gasteiger partial charge in [-0.15, -0.1) is 0 Å². The molecule has 1 fully saturated rings. The van der Waals surface area contributed by atoms with Crippen LogP contribution in [-0.4, -0.2) is 34.6 Å². The molecule has 1 saturated carbocycles. The number of carboxylic acids is 1. The lowest BCUT2D eigenvalue weighted by Crippen LogP contribution is -2.59. The number of nitrogens with two attached hydrogens (primary N) is 1. The Kier molecular flexibility index (Phi) is 3.93. The number of primary amides is 1. The normalized spacial score (nSPS) is 18.6. The number of hydrogen-bond donors (Lipinski definition) is 4. The SMILES string of the molecule is CC(NC(N)=O)C(=O)NC1(CC(=O)O)CCC1. The summed E-state index contributed by atoms with van der Waals surface area (Å²) in [6.45, 7) is 1.49. The summed E-state index contributed by atoms with van der Waals surface area (Å²) in [4.78, 5) is 33.0. The van der Waals surface area contributed by atoms with E-state index < -0.39 is 29.5 Å². The number of nitrogens with one attached hydrogen (secondary N) is 2. The van der Waals surface area contributed by atoms with Gasteiger partial charge in [-0.05, 0) is 26.2 Å². The van der Waals surface area contributed by atoms with Gasteiger partial charge < -0.3 is 21.5 Å². The van der Waals surface area contributed by atoms with E-state index in [-0.39, 0.29) is 6.42 Å². The molecule has 7 heteroatoms. The molecule has 1 rings (SSSR count). The minimum absolute atomic E-state index is 0.0952. The number of carbonyl (C=O) groups excluding carboxylic acids is 2. The van der Waals surface area contributed by atoms with Gasteiger partial charge in [0.15, 0.2) is 0 Å². The summed E-state index contributed by atoms with van der Waals surface area (Å²) in [5.41, 5.74) is 4.24. The Morgan fingerprint density at radius 1 is 1.41 bits per heavy atom. The molecule has 0 aromatic rings. The van der Waals surface area contributed by atoms with Gasteiger partial charge in [-0.2, -0.15) is 0 Å². The minimum Gasteiger partial charge on any atom is -0.481 e. The summed E-state index contributed by atoms with van der Waals surface area (Å²) in [6, 6.07) is -1.55. The van der Waals surface area contributed by atoms with E-state index in [0.717, 1.165) is 6.42 Å². The van der Waals surface area contributed by atoms with Crippen LogP contribution in [-0.2, 0) is 9.59 Å². The summed E-state index contributed by atoms with van der Waals surface area (Å²) in [5.74, 6) is -1.36. The van der Waals surface area contributed by atoms with Crippen LogP contribution in [0.4, 0.5) is 4.79 Å². The van der Waals surface area contributed by atoms with E-state index in [1.807, 2.05) is 0 Å². The van der Waals surface area contributed by atoms with Gasteiger partial charge in [-0.3, -0.25) is 9.59 Å². The van der Waals surface area contributed by atoms with E-state index in [1.165, 1.54) is 6.92 Å². The molecule has 0 aromatic carbocycles. The van der Waals surface area contributed by atoms with Gasteiger partial charge in [-0.25, -0.2) is 4.79 Å². The zero-order valence-electron chi connectivity index (χ0n) is 9.66. The van der Waals surface area contributed by atoms with Crippen molar-refractivity contribution >= 4 is 17.9 Å². The van der Waals surface area contributed by atoms with E-state index in [2.05, 4.69) is 10.6 Å². The third kappa shape index (κ3) is 3.61. The quantitative estimate of drug-likeness (QED) is 0.522. The molecule has 7 nitrogen and oxygen atoms in total. The van der Waals surface area contributed by atoms with Crippen LogP contribution in [0.2, 0.25) is 0 Å². The van der Waals surface area contributed by atoms with Crippen LogP contribution in [0.3, 0.4) is 0 Å². The molecule has 17 heavy (non-hydrogen) atoms. The fourth-order valence-corrected chi connectivity index (χ4v) is 1.89. The summed E-state index contributed by atoms with van der Waals surface area (Å²) >= 11 is 0. The molecule has 3 amide bonds. The fraction of sp³-hybridized carbons (Fsp3) is 0.700. The Balaban J connectivity index is 2.53. The lowest BCUT2D eigenvalue weighted by molar-refractivity contribution is -0.140. The topological polar surface area (TPSA) is 122 Å². The van der Waals surface area contributed by atoms with Crippen molar-refractivity contribution in [3.05, 3.63) is 0 Å². The van der Waals surface area contributed by atoms with E-state index in [1.54, 1.807) is 0 Å². The van der Waals surface area contributed by atoms with E-state index >= 15 is 0 Å². The van der Waals surface area contributed by atoms with Gasteiger partial charge in [0.1, 0.15) is 6.04 Å². The second kappa shape index (κ2) is 5.03. The highest BCUT2D eigenvalue weighted by Gasteiger charge is 2.41. The number of urea groups is 1. The van der Waals surface area contributed by atoms with Crippen molar-refractivity contribution in [1.29, 1.82) is 0 Å². The number of amides is 3. The van der Waals surface area contributed by atoms with Gasteiger partial charge in [-0.1, -0.05) is 0 Å². The van der Waals surface area contributed by atoms with Gasteiger partial charge in [0, 0.05) is 0 Å². The van der Waals surface area contributed by atoms with Crippen LogP contribution < -0.4 is 16.4 Å². The Morgan fingerprint density at radius 3 is 2.35 bits per heavy atom. The predicted molar refractivity (Wildman–Crippen MR) is 59.2 cm³/mol. The average Bonchev–Trinajstić information content (AvgIpc) is 2.12. The first kappa shape index (κ1) is 13.3. The molecule has 1 atom stereocenters. The molecule has 0 saturated heterocycles. The lowest BCUT2D eigenvalue weighted by Gasteiger charge is -2.42. The van der Waals surface area contributed by atoms with E-state index in [4.69, 9.17) is 10.8 Å². The maximum Gasteiger partial charge on any atom is 0.312 e. The van der Waals surface area contributed by atoms with Crippen LogP contribution in [0.5, 0.6) is 0 Å². The lowest BCUT2D eigenvalue weighted by atomic mass is 9.74. The van der Waals surface area contributed by atoms with Crippen molar-refractivity contribution in [3.63, 3.8) is 0 Å². The fourth-order valence-electron chi connectivity index (χ4n) is 1.89. The van der Waals surface area contributed by atoms with Gasteiger partial charge in [0.05, 0.1) is 12.0 Å². The third-order valence-corrected chi connectivity index (χ3v) is 2.94. The molecule has 1 aliphatic carbocycles. The first-order valence-corrected chi connectivity index (χ1v) is 5.44. The molecule has 1 unspecified atom stereocenters. The van der Waals surface area contributed by atoms with Gasteiger partial charge in [0.2, 0.25) is 5.91 Å². The van der Waals surface area contributed by atoms with Crippen molar-refractivity contribution in [1.82, 2.24) is 10.6 Å². The molecule has 0 aromatic heterocycles. The number of carbonyl (C=O) groups is 3. The zero-order valence-corrected chi connectivity index (χ0v) is 9.66. The molecule has 0 radical (unpaired) electrons. The standard InChI is InChI=1S/C10H17N3O4/c1-6(12-9(11)17)8(16)13-10(3-2-4-10)5-7(14)15/h6H,2-5H2,1H3,(H,13,16)(H,14,15)(H3,11,12,17). The monoisotopic (exact) mass is 243 g/mol. The van der Waals surface area contributed by atoms with Gasteiger partial charge in [0.25, 0.3) is 0 Å². The maximum atomic E-state index is 11.7. The molecule has 0 aliphatic heterocycles. The van der Waals surface area contributed by atoms with Crippen LogP contribution in [0, 0.1) is 0 Å². The molecule has 96 valence electrons. The molecule has 0 bridgehead atoms. The second-order valence-corrected chi connectivity index (χ2v) is 4.42. The second-order valence-electron chi connectivity index (χ2n) is 4.42. The van der Waals surface area contributed by atoms with Gasteiger partial charge >= 0.3 is 12.0 Å². The Bertz CT molecular complexity index is 338. The number of carboxylic acid groups (broad SMARTS) is 1. The van der Waals surface area contributed by atoms with Crippen LogP contribution in [0.1, 0.15) is 32.6 Å². The highest BCUT2D eigenvalue weighted by Crippen LogP contribution is 2.34. The smallest absolute Gasteiger partial charge is 0.312 e. The third-order valence-electron chi connectivity index (χ3n) is 2.94. The zero-order chi connectivity index (χ0) is 13.1. The average molecular weight is 243 g/mol. The number of aliphatic carboxylic acids is 1. The summed E-state index contributed by atoms with van der Waals surface area (Å²) < 4.78 is 0. The number of hydrogen-bond acceptors (Lipinski definition) is 3. The van der Waals surface area contributed by atoms with Crippen molar-refractivity contribution in [2.75, 3.05) is 0 Å². The maximum absolute atomic E-state index is 11.7. The minimum atomic E-state index is -0.944. The molecule has 1 aliphatic rings. The summed E-state index contributed by atoms with van der Waals surface area (Å²) in [5, 5.41) is 13.7. The van der Waals surface area contributed by atoms with Crippen molar-refractivity contribution in [3.8, 4) is 0 Å². The van der Waals surface area contributed by atoms with Crippen molar-refractivity contribution in [2.45, 2.75) is 44.2 Å². The first-order valence-electron chi connectivity index (χ1n) is 5.44. The van der Waals surface area contributed by atoms with Crippen LogP contribution in [0.15, 0.2) is 0 Å². The Morgan fingerprint density at radius 2 is 2.00 bits per heavy atom. The predicted octanol–water partition coefficient (Wildman–Crippen LogP) is -0.443. The highest BCUT2D eigenvalue weighted by molar-refractivity contribution is 5.87. The van der Waals surface area contributed by atoms with Crippen molar-refractivity contribution < 1.29 is 19.5 Å². The first-order chi connectivity index (χ1) is 7.84. The Hall–Kier alpha value is -1.79. The summed E-state index contributed by atoms with van der Waals surface area (Å²) in [6.07, 6.45) is 2.09. The highest BCUT2D eigenvalue weighted by atomic mass is 16.4. The summed E-state index contributed by atoms with van der Waals surface area (Å²) in [7, 11) is 0.